The highest BCUT2D eigenvalue weighted by Gasteiger charge is 2.34. The van der Waals surface area contributed by atoms with Crippen LogP contribution < -0.4 is 14.4 Å². The molecule has 0 heterocycles. The third-order valence-corrected chi connectivity index (χ3v) is 8.36. The maximum Gasteiger partial charge on any atom is 0.264 e. The minimum absolute atomic E-state index is 0.0254. The van der Waals surface area contributed by atoms with Gasteiger partial charge in [0.2, 0.25) is 11.8 Å². The quantitative estimate of drug-likeness (QED) is 0.290. The number of likely N-dealkylation sites (N-methyl/N-ethyl adjacent to an activating group) is 1. The number of benzene rings is 3. The zero-order chi connectivity index (χ0) is 29.1. The fourth-order valence-corrected chi connectivity index (χ4v) is 5.93. The molecular weight excluding hydrogens is 550 g/mol. The fraction of sp³-hybridized carbons (Fsp3) is 0.333. The summed E-state index contributed by atoms with van der Waals surface area (Å²) in [6, 6.07) is 21.3. The molecule has 0 aliphatic rings. The van der Waals surface area contributed by atoms with Gasteiger partial charge in [0.1, 0.15) is 18.3 Å². The summed E-state index contributed by atoms with van der Waals surface area (Å²) in [6.07, 6.45) is 0.869. The molecule has 0 saturated heterocycles. The SMILES string of the molecule is CCNC(=O)[C@@H](CC)N(CCc1ccccc1)C(=O)CN(c1ccccc1OCC)S(=O)(=O)c1ccc(Cl)cc1. The monoisotopic (exact) mass is 585 g/mol. The van der Waals surface area contributed by atoms with Crippen LogP contribution in [0, 0.1) is 0 Å². The maximum absolute atomic E-state index is 14.0. The summed E-state index contributed by atoms with van der Waals surface area (Å²) in [4.78, 5) is 28.5. The normalized spacial score (nSPS) is 11.9. The van der Waals surface area contributed by atoms with Crippen molar-refractivity contribution in [3.63, 3.8) is 0 Å². The van der Waals surface area contributed by atoms with Crippen LogP contribution in [0.4, 0.5) is 5.69 Å². The molecule has 40 heavy (non-hydrogen) atoms. The molecule has 0 spiro atoms. The molecule has 0 fully saturated rings. The van der Waals surface area contributed by atoms with Crippen LogP contribution in [0.2, 0.25) is 5.02 Å². The molecule has 2 amide bonds. The van der Waals surface area contributed by atoms with Crippen LogP contribution in [-0.4, -0.2) is 57.4 Å². The zero-order valence-electron chi connectivity index (χ0n) is 23.0. The number of carbonyl (C=O) groups excluding carboxylic acids is 2. The molecule has 0 saturated carbocycles. The molecule has 0 aromatic heterocycles. The molecule has 3 rings (SSSR count). The van der Waals surface area contributed by atoms with E-state index in [1.165, 1.54) is 29.2 Å². The van der Waals surface area contributed by atoms with Crippen LogP contribution in [0.1, 0.15) is 32.8 Å². The fourth-order valence-electron chi connectivity index (χ4n) is 4.38. The van der Waals surface area contributed by atoms with E-state index in [4.69, 9.17) is 16.3 Å². The van der Waals surface area contributed by atoms with E-state index in [0.29, 0.717) is 36.8 Å². The number of anilines is 1. The molecule has 0 aliphatic carbocycles. The van der Waals surface area contributed by atoms with Crippen LogP contribution in [-0.2, 0) is 26.0 Å². The van der Waals surface area contributed by atoms with E-state index >= 15 is 0 Å². The number of amides is 2. The lowest BCUT2D eigenvalue weighted by molar-refractivity contribution is -0.139. The molecule has 0 aliphatic heterocycles. The summed E-state index contributed by atoms with van der Waals surface area (Å²) in [5.74, 6) is -0.465. The predicted molar refractivity (Wildman–Crippen MR) is 158 cm³/mol. The number of hydrogen-bond acceptors (Lipinski definition) is 5. The minimum Gasteiger partial charge on any atom is -0.492 e. The summed E-state index contributed by atoms with van der Waals surface area (Å²) < 4.78 is 34.8. The summed E-state index contributed by atoms with van der Waals surface area (Å²) in [5, 5.41) is 3.19. The van der Waals surface area contributed by atoms with Gasteiger partial charge in [-0.1, -0.05) is 61.0 Å². The maximum atomic E-state index is 14.0. The van der Waals surface area contributed by atoms with Gasteiger partial charge in [-0.05, 0) is 68.7 Å². The first-order valence-electron chi connectivity index (χ1n) is 13.3. The molecule has 0 radical (unpaired) electrons. The Hall–Kier alpha value is -3.56. The number of halogens is 1. The number of sulfonamides is 1. The van der Waals surface area contributed by atoms with Crippen LogP contribution in [0.5, 0.6) is 5.75 Å². The number of nitrogens with one attached hydrogen (secondary N) is 1. The molecule has 10 heteroatoms. The Morgan fingerprint density at radius 1 is 0.925 bits per heavy atom. The summed E-state index contributed by atoms with van der Waals surface area (Å²) in [5.41, 5.74) is 1.22. The predicted octanol–water partition coefficient (Wildman–Crippen LogP) is 4.92. The standard InChI is InChI=1S/C30H36ClN3O5S/c1-4-26(30(36)32-5-2)33(21-20-23-12-8-7-9-13-23)29(35)22-34(27-14-10-11-15-28(27)39-6-3)40(37,38)25-18-16-24(31)17-19-25/h7-19,26H,4-6,20-22H2,1-3H3,(H,32,36)/t26-/m1/s1. The highest BCUT2D eigenvalue weighted by molar-refractivity contribution is 7.92. The molecule has 1 N–H and O–H groups in total. The largest absolute Gasteiger partial charge is 0.492 e. The van der Waals surface area contributed by atoms with E-state index in [1.54, 1.807) is 31.2 Å². The van der Waals surface area contributed by atoms with Crippen LogP contribution in [0.25, 0.3) is 0 Å². The van der Waals surface area contributed by atoms with Crippen LogP contribution in [0.15, 0.2) is 83.8 Å². The zero-order valence-corrected chi connectivity index (χ0v) is 24.6. The second-order valence-electron chi connectivity index (χ2n) is 9.01. The second kappa shape index (κ2) is 14.7. The molecule has 1 atom stereocenters. The number of carbonyl (C=O) groups is 2. The van der Waals surface area contributed by atoms with Gasteiger partial charge >= 0.3 is 0 Å². The number of hydrogen-bond donors (Lipinski definition) is 1. The Balaban J connectivity index is 2.05. The Morgan fingerprint density at radius 3 is 2.20 bits per heavy atom. The van der Waals surface area contributed by atoms with Gasteiger partial charge < -0.3 is 15.0 Å². The number of ether oxygens (including phenoxy) is 1. The van der Waals surface area contributed by atoms with E-state index in [0.717, 1.165) is 9.87 Å². The van der Waals surface area contributed by atoms with Crippen molar-refractivity contribution in [1.29, 1.82) is 0 Å². The van der Waals surface area contributed by atoms with Crippen molar-refractivity contribution in [2.45, 2.75) is 44.6 Å². The Morgan fingerprint density at radius 2 is 1.57 bits per heavy atom. The van der Waals surface area contributed by atoms with E-state index in [-0.39, 0.29) is 23.0 Å². The van der Waals surface area contributed by atoms with Crippen molar-refractivity contribution in [3.05, 3.63) is 89.4 Å². The summed E-state index contributed by atoms with van der Waals surface area (Å²) in [7, 11) is -4.22. The number of nitrogens with zero attached hydrogens (tertiary/aromatic N) is 2. The van der Waals surface area contributed by atoms with Crippen molar-refractivity contribution in [2.24, 2.45) is 0 Å². The van der Waals surface area contributed by atoms with Crippen LogP contribution in [0.3, 0.4) is 0 Å². The molecular formula is C30H36ClN3O5S. The first-order valence-corrected chi connectivity index (χ1v) is 15.2. The van der Waals surface area contributed by atoms with Crippen LogP contribution >= 0.6 is 11.6 Å². The van der Waals surface area contributed by atoms with E-state index in [9.17, 15) is 18.0 Å². The van der Waals surface area contributed by atoms with Gasteiger partial charge in [-0.25, -0.2) is 8.42 Å². The average Bonchev–Trinajstić information content (AvgIpc) is 2.95. The summed E-state index contributed by atoms with van der Waals surface area (Å²) >= 11 is 6.02. The first-order chi connectivity index (χ1) is 19.2. The second-order valence-corrected chi connectivity index (χ2v) is 11.3. The minimum atomic E-state index is -4.22. The Bertz CT molecular complexity index is 1370. The smallest absolute Gasteiger partial charge is 0.264 e. The topological polar surface area (TPSA) is 96.0 Å². The molecule has 214 valence electrons. The van der Waals surface area contributed by atoms with Crippen molar-refractivity contribution >= 4 is 39.1 Å². The van der Waals surface area contributed by atoms with Crippen molar-refractivity contribution < 1.29 is 22.7 Å². The summed E-state index contributed by atoms with van der Waals surface area (Å²) in [6.45, 7) is 5.86. The Labute approximate surface area is 241 Å². The van der Waals surface area contributed by atoms with Gasteiger partial charge in [-0.2, -0.15) is 0 Å². The molecule has 0 bridgehead atoms. The van der Waals surface area contributed by atoms with E-state index in [1.807, 2.05) is 44.2 Å². The first kappa shape index (κ1) is 31.0. The van der Waals surface area contributed by atoms with Gasteiger partial charge in [0.25, 0.3) is 10.0 Å². The van der Waals surface area contributed by atoms with Gasteiger partial charge in [0, 0.05) is 18.1 Å². The van der Waals surface area contributed by atoms with E-state index < -0.39 is 28.5 Å². The van der Waals surface area contributed by atoms with E-state index in [2.05, 4.69) is 5.32 Å². The molecule has 0 unspecified atom stereocenters. The van der Waals surface area contributed by atoms with Crippen molar-refractivity contribution in [2.75, 3.05) is 30.5 Å². The molecule has 3 aromatic carbocycles. The lowest BCUT2D eigenvalue weighted by Gasteiger charge is -2.33. The average molecular weight is 586 g/mol. The van der Waals surface area contributed by atoms with Gasteiger partial charge in [-0.3, -0.25) is 13.9 Å². The van der Waals surface area contributed by atoms with Gasteiger partial charge in [0.15, 0.2) is 0 Å². The highest BCUT2D eigenvalue weighted by atomic mass is 35.5. The lowest BCUT2D eigenvalue weighted by Crippen LogP contribution is -2.53. The molecule has 8 nitrogen and oxygen atoms in total. The third kappa shape index (κ3) is 7.76. The van der Waals surface area contributed by atoms with Gasteiger partial charge in [-0.15, -0.1) is 0 Å². The number of rotatable bonds is 14. The highest BCUT2D eigenvalue weighted by Crippen LogP contribution is 2.33. The van der Waals surface area contributed by atoms with Crippen molar-refractivity contribution in [3.8, 4) is 5.75 Å². The van der Waals surface area contributed by atoms with Gasteiger partial charge in [0.05, 0.1) is 17.2 Å². The lowest BCUT2D eigenvalue weighted by atomic mass is 10.1. The number of para-hydroxylation sites is 2. The third-order valence-electron chi connectivity index (χ3n) is 6.34. The van der Waals surface area contributed by atoms with Crippen molar-refractivity contribution in [1.82, 2.24) is 10.2 Å². The Kier molecular flexibility index (Phi) is 11.4. The molecule has 3 aromatic rings.